The van der Waals surface area contributed by atoms with E-state index in [1.54, 1.807) is 0 Å². The third kappa shape index (κ3) is 5.37. The molecule has 6 heterocycles. The summed E-state index contributed by atoms with van der Waals surface area (Å²) in [6.07, 6.45) is 3.73. The standard InChI is InChI=1S/C56H33N5O.Pd/c1-5-16-36(17-6-1)50-52(37-18-7-2-8-19-37)60-48-27-15-32-57-51(48)43-31-29-40(34-45(43)54(60)59-50)62-41-28-30-42-44-24-13-25-46-53(44)61(49(42)35-41)55-47(26-14-33-58-55)56(46,38-20-9-3-10-21-38)39-22-11-4-12-23-39;/h1-33H;/q-2;+2. The number of benzene rings is 7. The summed E-state index contributed by atoms with van der Waals surface area (Å²) < 4.78 is 11.3. The predicted molar refractivity (Wildman–Crippen MR) is 247 cm³/mol. The molecule has 0 saturated heterocycles. The molecule has 0 bridgehead atoms. The molecule has 0 aliphatic carbocycles. The van der Waals surface area contributed by atoms with E-state index >= 15 is 0 Å². The first-order chi connectivity index (χ1) is 30.8. The molecule has 0 saturated carbocycles. The van der Waals surface area contributed by atoms with Gasteiger partial charge in [-0.1, -0.05) is 174 Å². The van der Waals surface area contributed by atoms with Crippen LogP contribution in [0.3, 0.4) is 0 Å². The fraction of sp³-hybridized carbons (Fsp3) is 0.0179. The summed E-state index contributed by atoms with van der Waals surface area (Å²) in [5.74, 6) is 1.99. The largest absolute Gasteiger partial charge is 2.00 e. The van der Waals surface area contributed by atoms with Crippen molar-refractivity contribution < 1.29 is 25.2 Å². The van der Waals surface area contributed by atoms with E-state index < -0.39 is 5.41 Å². The minimum atomic E-state index is -0.604. The SMILES string of the molecule is [Pd+2].[c-]1c(Oc2[c-]c3c(cc2)c2cccc4c2n3-c2ncccc2C4(c2ccccc2)c2ccccc2)ccc2c1c1nc(-c3ccccc3)c(-c3ccccc3)n1c1cccnc21. The van der Waals surface area contributed by atoms with Crippen LogP contribution in [0.5, 0.6) is 11.5 Å². The number of hydrogen-bond donors (Lipinski definition) is 0. The third-order valence-electron chi connectivity index (χ3n) is 12.5. The molecule has 0 amide bonds. The van der Waals surface area contributed by atoms with Gasteiger partial charge in [-0.15, -0.1) is 23.6 Å². The minimum absolute atomic E-state index is 0. The van der Waals surface area contributed by atoms with Crippen molar-refractivity contribution in [3.8, 4) is 39.8 Å². The Balaban J connectivity index is 0.00000421. The molecule has 0 atom stereocenters. The second kappa shape index (κ2) is 14.5. The van der Waals surface area contributed by atoms with E-state index in [2.05, 4.69) is 173 Å². The summed E-state index contributed by atoms with van der Waals surface area (Å²) >= 11 is 0. The van der Waals surface area contributed by atoms with Crippen LogP contribution >= 0.6 is 0 Å². The maximum atomic E-state index is 6.77. The number of ether oxygens (including phenoxy) is 1. The predicted octanol–water partition coefficient (Wildman–Crippen LogP) is 12.9. The maximum Gasteiger partial charge on any atom is 2.00 e. The molecule has 1 aliphatic heterocycles. The van der Waals surface area contributed by atoms with E-state index in [1.807, 2.05) is 48.8 Å². The van der Waals surface area contributed by atoms with Crippen molar-refractivity contribution in [2.24, 2.45) is 0 Å². The van der Waals surface area contributed by atoms with Gasteiger partial charge in [-0.25, -0.2) is 4.98 Å². The number of imidazole rings is 1. The van der Waals surface area contributed by atoms with Gasteiger partial charge >= 0.3 is 20.4 Å². The fourth-order valence-corrected chi connectivity index (χ4v) is 10.0. The van der Waals surface area contributed by atoms with Crippen molar-refractivity contribution in [3.63, 3.8) is 0 Å². The molecule has 13 rings (SSSR count). The molecule has 0 fully saturated rings. The minimum Gasteiger partial charge on any atom is -0.503 e. The average molecular weight is 898 g/mol. The number of pyridine rings is 3. The Morgan fingerprint density at radius 2 is 1.13 bits per heavy atom. The second-order valence-corrected chi connectivity index (χ2v) is 15.8. The molecule has 0 spiro atoms. The molecule has 63 heavy (non-hydrogen) atoms. The molecule has 0 unspecified atom stereocenters. The first-order valence-corrected chi connectivity index (χ1v) is 20.8. The van der Waals surface area contributed by atoms with Crippen LogP contribution in [0.1, 0.15) is 22.3 Å². The van der Waals surface area contributed by atoms with E-state index in [0.717, 1.165) is 83.2 Å². The molecule has 12 aromatic rings. The zero-order chi connectivity index (χ0) is 40.8. The normalized spacial score (nSPS) is 12.8. The van der Waals surface area contributed by atoms with Crippen molar-refractivity contribution in [1.82, 2.24) is 23.9 Å². The molecule has 5 aromatic heterocycles. The van der Waals surface area contributed by atoms with Crippen molar-refractivity contribution in [2.75, 3.05) is 0 Å². The monoisotopic (exact) mass is 897 g/mol. The van der Waals surface area contributed by atoms with Crippen LogP contribution in [0.4, 0.5) is 0 Å². The number of para-hydroxylation sites is 1. The third-order valence-corrected chi connectivity index (χ3v) is 12.5. The van der Waals surface area contributed by atoms with Crippen LogP contribution < -0.4 is 4.74 Å². The zero-order valence-electron chi connectivity index (χ0n) is 33.5. The van der Waals surface area contributed by atoms with Crippen LogP contribution in [0.2, 0.25) is 0 Å². The number of hydrogen-bond acceptors (Lipinski definition) is 4. The fourth-order valence-electron chi connectivity index (χ4n) is 10.0. The second-order valence-electron chi connectivity index (χ2n) is 15.8. The Bertz CT molecular complexity index is 3680. The Morgan fingerprint density at radius 3 is 1.86 bits per heavy atom. The van der Waals surface area contributed by atoms with Crippen LogP contribution in [-0.4, -0.2) is 23.9 Å². The molecular formula is C56H33N5OPd. The zero-order valence-corrected chi connectivity index (χ0v) is 35.1. The van der Waals surface area contributed by atoms with Gasteiger partial charge in [0.25, 0.3) is 0 Å². The molecule has 0 radical (unpaired) electrons. The van der Waals surface area contributed by atoms with Crippen LogP contribution in [-0.2, 0) is 25.8 Å². The smallest absolute Gasteiger partial charge is 0.503 e. The molecule has 7 heteroatoms. The quantitative estimate of drug-likeness (QED) is 0.0948. The maximum absolute atomic E-state index is 6.77. The first kappa shape index (κ1) is 37.1. The number of nitrogens with zero attached hydrogens (tertiary/aromatic N) is 5. The van der Waals surface area contributed by atoms with Gasteiger partial charge in [-0.2, -0.15) is 6.07 Å². The van der Waals surface area contributed by atoms with Gasteiger partial charge in [0.2, 0.25) is 0 Å². The van der Waals surface area contributed by atoms with E-state index in [4.69, 9.17) is 19.7 Å². The van der Waals surface area contributed by atoms with Gasteiger partial charge in [0.05, 0.1) is 33.5 Å². The Labute approximate surface area is 376 Å². The summed E-state index contributed by atoms with van der Waals surface area (Å²) in [5, 5.41) is 3.97. The Kier molecular flexibility index (Phi) is 8.52. The van der Waals surface area contributed by atoms with Gasteiger partial charge in [-0.05, 0) is 45.8 Å². The van der Waals surface area contributed by atoms with Crippen molar-refractivity contribution in [2.45, 2.75) is 5.41 Å². The van der Waals surface area contributed by atoms with Crippen LogP contribution in [0.15, 0.2) is 200 Å². The number of rotatable bonds is 6. The van der Waals surface area contributed by atoms with Gasteiger partial charge in [0.15, 0.2) is 0 Å². The summed E-state index contributed by atoms with van der Waals surface area (Å²) in [6, 6.07) is 73.0. The topological polar surface area (TPSA) is 57.2 Å². The molecule has 0 N–H and O–H groups in total. The first-order valence-electron chi connectivity index (χ1n) is 20.8. The number of aromatic nitrogens is 5. The van der Waals surface area contributed by atoms with Crippen molar-refractivity contribution >= 4 is 49.3 Å². The average Bonchev–Trinajstić information content (AvgIpc) is 3.91. The molecule has 1 aliphatic rings. The summed E-state index contributed by atoms with van der Waals surface area (Å²) in [6.45, 7) is 0. The van der Waals surface area contributed by atoms with Crippen LogP contribution in [0.25, 0.3) is 77.6 Å². The molecule has 7 aromatic carbocycles. The number of fused-ring (bicyclic) bond motifs is 11. The molecular weight excluding hydrogens is 865 g/mol. The summed E-state index contributed by atoms with van der Waals surface area (Å²) in [5.41, 5.74) is 12.7. The Morgan fingerprint density at radius 1 is 0.508 bits per heavy atom. The van der Waals surface area contributed by atoms with Crippen molar-refractivity contribution in [3.05, 3.63) is 235 Å². The van der Waals surface area contributed by atoms with Gasteiger partial charge < -0.3 is 13.7 Å². The molecule has 298 valence electrons. The van der Waals surface area contributed by atoms with E-state index in [0.29, 0.717) is 11.5 Å². The van der Waals surface area contributed by atoms with Gasteiger partial charge in [0, 0.05) is 40.5 Å². The van der Waals surface area contributed by atoms with Gasteiger partial charge in [-0.3, -0.25) is 9.97 Å². The van der Waals surface area contributed by atoms with E-state index in [1.165, 1.54) is 16.7 Å². The van der Waals surface area contributed by atoms with E-state index in [-0.39, 0.29) is 20.4 Å². The summed E-state index contributed by atoms with van der Waals surface area (Å²) in [4.78, 5) is 15.5. The van der Waals surface area contributed by atoms with E-state index in [9.17, 15) is 0 Å². The van der Waals surface area contributed by atoms with Crippen molar-refractivity contribution in [1.29, 1.82) is 0 Å². The van der Waals surface area contributed by atoms with Crippen LogP contribution in [0, 0.1) is 12.1 Å². The van der Waals surface area contributed by atoms with Gasteiger partial charge in [0.1, 0.15) is 5.82 Å². The Hall–Kier alpha value is -7.69. The summed E-state index contributed by atoms with van der Waals surface area (Å²) in [7, 11) is 0. The molecule has 6 nitrogen and oxygen atoms in total.